The van der Waals surface area contributed by atoms with Gasteiger partial charge in [0.15, 0.2) is 25.2 Å². The van der Waals surface area contributed by atoms with Crippen molar-refractivity contribution in [1.82, 2.24) is 0 Å². The number of esters is 2. The molecule has 27 atom stereocenters. The Balaban J connectivity index is 0.887. The van der Waals surface area contributed by atoms with Gasteiger partial charge in [0.05, 0.1) is 49.5 Å². The smallest absolute Gasteiger partial charge is 0.314 e. The maximum Gasteiger partial charge on any atom is 0.314 e. The van der Waals surface area contributed by atoms with Gasteiger partial charge in [0.2, 0.25) is 0 Å². The molecule has 5 saturated heterocycles. The number of cyclic esters (lactones) is 1. The molecule has 9 rings (SSSR count). The van der Waals surface area contributed by atoms with Gasteiger partial charge in [-0.2, -0.15) is 0 Å². The Kier molecular flexibility index (Phi) is 17.5. The van der Waals surface area contributed by atoms with Gasteiger partial charge in [-0.3, -0.25) is 9.59 Å². The molecule has 9 aliphatic rings. The maximum atomic E-state index is 14.6. The quantitative estimate of drug-likeness (QED) is 0.0673. The lowest BCUT2D eigenvalue weighted by molar-refractivity contribution is -0.385. The summed E-state index contributed by atoms with van der Waals surface area (Å²) in [6.07, 6.45) is -20.2. The number of hydrogen-bond donors (Lipinski definition) is 11. The monoisotopic (exact) mass is 1130 g/mol. The molecule has 4 aliphatic carbocycles. The molecule has 0 amide bonds. The first-order valence-corrected chi connectivity index (χ1v) is 27.9. The number of aliphatic hydroxyl groups excluding tert-OH is 10. The van der Waals surface area contributed by atoms with E-state index in [0.717, 1.165) is 0 Å². The number of fused-ring (bicyclic) bond motifs is 4. The number of hydrogen-bond acceptors (Lipinski definition) is 24. The van der Waals surface area contributed by atoms with Gasteiger partial charge in [0.1, 0.15) is 97.2 Å². The van der Waals surface area contributed by atoms with E-state index in [1.165, 1.54) is 19.6 Å². The van der Waals surface area contributed by atoms with Crippen molar-refractivity contribution in [3.8, 4) is 0 Å². The third-order valence-electron chi connectivity index (χ3n) is 19.8. The van der Waals surface area contributed by atoms with Gasteiger partial charge in [-0.05, 0) is 82.0 Å². The van der Waals surface area contributed by atoms with Gasteiger partial charge < -0.3 is 108 Å². The van der Waals surface area contributed by atoms with Crippen LogP contribution in [0.4, 0.5) is 0 Å². The van der Waals surface area contributed by atoms with Crippen LogP contribution in [0.15, 0.2) is 23.8 Å². The Hall–Kier alpha value is -2.38. The fraction of sp³-hybridized carbons (Fsp3) is 0.891. The van der Waals surface area contributed by atoms with Crippen LogP contribution < -0.4 is 0 Å². The van der Waals surface area contributed by atoms with E-state index in [0.29, 0.717) is 44.9 Å². The van der Waals surface area contributed by atoms with Crippen molar-refractivity contribution in [3.63, 3.8) is 0 Å². The first kappa shape index (κ1) is 61.2. The van der Waals surface area contributed by atoms with Crippen LogP contribution in [0.5, 0.6) is 0 Å². The summed E-state index contributed by atoms with van der Waals surface area (Å²) >= 11 is 0. The molecule has 0 aromatic carbocycles. The molecule has 0 unspecified atom stereocenters. The third kappa shape index (κ3) is 10.5. The first-order chi connectivity index (χ1) is 37.0. The summed E-state index contributed by atoms with van der Waals surface area (Å²) in [5.74, 6) is -1.08. The zero-order valence-electron chi connectivity index (χ0n) is 46.5. The number of aliphatic hydroxyl groups is 11. The van der Waals surface area contributed by atoms with E-state index in [1.807, 2.05) is 13.0 Å². The molecule has 5 heterocycles. The molecule has 450 valence electrons. The lowest BCUT2D eigenvalue weighted by Gasteiger charge is -2.63. The summed E-state index contributed by atoms with van der Waals surface area (Å²) in [4.78, 5) is 27.4. The second-order valence-electron chi connectivity index (χ2n) is 25.6. The van der Waals surface area contributed by atoms with E-state index in [-0.39, 0.29) is 29.8 Å². The van der Waals surface area contributed by atoms with Crippen molar-refractivity contribution in [1.29, 1.82) is 0 Å². The number of ether oxygens (including phenoxy) is 11. The highest BCUT2D eigenvalue weighted by atomic mass is 16.8. The molecule has 0 aromatic rings. The van der Waals surface area contributed by atoms with Gasteiger partial charge in [0.25, 0.3) is 0 Å². The van der Waals surface area contributed by atoms with E-state index in [1.54, 1.807) is 19.9 Å². The zero-order chi connectivity index (χ0) is 57.7. The Morgan fingerprint density at radius 1 is 0.734 bits per heavy atom. The van der Waals surface area contributed by atoms with Crippen molar-refractivity contribution in [2.45, 2.75) is 234 Å². The Labute approximate surface area is 459 Å². The molecular formula is C55H86O24. The molecular weight excluding hydrogens is 1040 g/mol. The van der Waals surface area contributed by atoms with Crippen molar-refractivity contribution in [2.24, 2.45) is 39.4 Å². The highest BCUT2D eigenvalue weighted by Crippen LogP contribution is 2.76. The average molecular weight is 1130 g/mol. The highest BCUT2D eigenvalue weighted by Gasteiger charge is 2.79. The fourth-order valence-corrected chi connectivity index (χ4v) is 16.0. The standard InChI is InChI=1S/C55H86O24/c1-24(58)72-29-19-53(7)26-11-12-32-51(4,5)33(14-17-52(32,6)25(26)13-18-55(53)44(29)54(8,79-49(55)67)16-10-15-50(2,3)68)75-48-43(34(61)27(59)22-71-48)78-46-37(64)36(63)41(31(21-57)74-46)77-45-38(65)40(28(60)23-70-45)76-47-39(66)42(69-9)35(62)30(20-56)73-47/h10-11,15,25,27-48,56-57,59-66,68H,12-14,16-23H2,1-9H3/b15-10+/t25-,27+,28+,29-,30+,31+,32-,33-,34-,35+,36+,37+,38+,39+,40-,41+,42-,43+,44+,45-,46-,47-,48-,52+,53-,54-,55+/m0/s1. The van der Waals surface area contributed by atoms with E-state index in [2.05, 4.69) is 33.8 Å². The largest absolute Gasteiger partial charge is 0.462 e. The zero-order valence-corrected chi connectivity index (χ0v) is 46.5. The summed E-state index contributed by atoms with van der Waals surface area (Å²) in [5.41, 5.74) is -3.41. The van der Waals surface area contributed by atoms with Crippen LogP contribution in [-0.2, 0) is 61.7 Å². The van der Waals surface area contributed by atoms with Crippen LogP contribution in [0, 0.1) is 39.4 Å². The molecule has 24 heteroatoms. The Morgan fingerprint density at radius 2 is 1.35 bits per heavy atom. The summed E-state index contributed by atoms with van der Waals surface area (Å²) in [6.45, 7) is 12.9. The molecule has 11 N–H and O–H groups in total. The number of rotatable bonds is 15. The number of carbonyl (C=O) groups excluding carboxylic acids is 2. The molecule has 0 aromatic heterocycles. The van der Waals surface area contributed by atoms with Crippen LogP contribution in [0.2, 0.25) is 0 Å². The van der Waals surface area contributed by atoms with Gasteiger partial charge in [-0.15, -0.1) is 0 Å². The van der Waals surface area contributed by atoms with Crippen LogP contribution in [-0.4, -0.2) is 236 Å². The fourth-order valence-electron chi connectivity index (χ4n) is 16.0. The second-order valence-corrected chi connectivity index (χ2v) is 25.6. The van der Waals surface area contributed by atoms with Crippen LogP contribution in [0.1, 0.15) is 100 Å². The summed E-state index contributed by atoms with van der Waals surface area (Å²) < 4.78 is 65.5. The predicted octanol–water partition coefficient (Wildman–Crippen LogP) is -1.26. The van der Waals surface area contributed by atoms with Crippen molar-refractivity contribution < 1.29 is 118 Å². The minimum Gasteiger partial charge on any atom is -0.462 e. The van der Waals surface area contributed by atoms with Gasteiger partial charge >= 0.3 is 11.9 Å². The average Bonchev–Trinajstić information content (AvgIpc) is 2.39. The molecule has 79 heavy (non-hydrogen) atoms. The minimum absolute atomic E-state index is 0.0263. The van der Waals surface area contributed by atoms with Crippen molar-refractivity contribution in [3.05, 3.63) is 23.8 Å². The second kappa shape index (κ2) is 22.6. The molecule has 8 fully saturated rings. The molecule has 3 saturated carbocycles. The summed E-state index contributed by atoms with van der Waals surface area (Å²) in [5, 5.41) is 120. The predicted molar refractivity (Wildman–Crippen MR) is 268 cm³/mol. The lowest BCUT2D eigenvalue weighted by Crippen LogP contribution is -2.66. The van der Waals surface area contributed by atoms with E-state index in [4.69, 9.17) is 52.1 Å². The molecule has 24 nitrogen and oxygen atoms in total. The van der Waals surface area contributed by atoms with E-state index >= 15 is 0 Å². The highest BCUT2D eigenvalue weighted by molar-refractivity contribution is 5.84. The molecule has 1 spiro atoms. The van der Waals surface area contributed by atoms with Gasteiger partial charge in [-0.1, -0.05) is 51.5 Å². The van der Waals surface area contributed by atoms with Crippen LogP contribution in [0.25, 0.3) is 0 Å². The number of allylic oxidation sites excluding steroid dienone is 2. The molecule has 0 bridgehead atoms. The van der Waals surface area contributed by atoms with Crippen LogP contribution >= 0.6 is 0 Å². The summed E-state index contributed by atoms with van der Waals surface area (Å²) in [7, 11) is 1.21. The Morgan fingerprint density at radius 3 is 2.01 bits per heavy atom. The van der Waals surface area contributed by atoms with Gasteiger partial charge in [0, 0.05) is 25.9 Å². The number of methoxy groups -OCH3 is 1. The first-order valence-electron chi connectivity index (χ1n) is 27.9. The summed E-state index contributed by atoms with van der Waals surface area (Å²) in [6, 6.07) is 0. The van der Waals surface area contributed by atoms with E-state index < -0.39 is 182 Å². The third-order valence-corrected chi connectivity index (χ3v) is 19.8. The Bertz CT molecular complexity index is 2240. The maximum absolute atomic E-state index is 14.6. The SMILES string of the molecule is CO[C@@H]1[C@@H](O)[C@H](O[C@@H]2[C@@H](O)[C@H](O[C@H]3[C@H](O)[C@@H](O)[C@H](O[C@H]4[C@H](O[C@H]5CC[C@]6(C)[C@H]7CC[C@]89C(=O)O[C@@](C)(C/C=C/C(C)(C)O)[C@H]8[C@@H](OC(C)=O)C[C@@]9(C)C7=CC[C@H]6C5(C)C)OC[C@@H](O)[C@@H]4O)O[C@@H]3CO)OC[C@H]2O)O[C@H](CO)[C@H]1O. The minimum atomic E-state index is -1.96. The van der Waals surface area contributed by atoms with Crippen molar-refractivity contribution >= 4 is 11.9 Å². The number of carbonyl (C=O) groups is 2. The lowest BCUT2D eigenvalue weighted by atomic mass is 9.41. The topological polar surface area (TPSA) is 358 Å². The molecule has 5 aliphatic heterocycles. The normalized spacial score (nSPS) is 50.7. The van der Waals surface area contributed by atoms with Gasteiger partial charge in [-0.25, -0.2) is 0 Å². The van der Waals surface area contributed by atoms with Crippen LogP contribution in [0.3, 0.4) is 0 Å². The van der Waals surface area contributed by atoms with E-state index in [9.17, 15) is 65.8 Å². The molecule has 0 radical (unpaired) electrons. The van der Waals surface area contributed by atoms with Crippen molar-refractivity contribution in [2.75, 3.05) is 33.5 Å².